The number of hydrogen-bond acceptors (Lipinski definition) is 5. The lowest BCUT2D eigenvalue weighted by atomic mass is 10.1. The summed E-state index contributed by atoms with van der Waals surface area (Å²) < 4.78 is 1.54. The summed E-state index contributed by atoms with van der Waals surface area (Å²) in [4.78, 5) is 27.6. The second-order valence-corrected chi connectivity index (χ2v) is 6.19. The van der Waals surface area contributed by atoms with E-state index >= 15 is 0 Å². The molecule has 0 aliphatic rings. The lowest BCUT2D eigenvalue weighted by molar-refractivity contribution is -0.384. The van der Waals surface area contributed by atoms with Gasteiger partial charge in [-0.3, -0.25) is 19.9 Å². The Labute approximate surface area is 159 Å². The molecule has 28 heavy (non-hydrogen) atoms. The zero-order chi connectivity index (χ0) is 19.7. The Bertz CT molecular complexity index is 1190. The van der Waals surface area contributed by atoms with E-state index in [9.17, 15) is 14.9 Å². The Morgan fingerprint density at radius 1 is 1.11 bits per heavy atom. The number of carbonyl (C=O) groups is 1. The van der Waals surface area contributed by atoms with Gasteiger partial charge in [0, 0.05) is 29.8 Å². The molecule has 4 aromatic rings. The first-order valence-electron chi connectivity index (χ1n) is 8.49. The molecule has 4 rings (SSSR count). The zero-order valence-electron chi connectivity index (χ0n) is 14.9. The standard InChI is InChI=1S/C20H15N5O3/c1-13-12-19(24(23-13)14-6-8-15(9-7-14)25(27)28)22-20(26)17-10-11-21-18-5-3-2-4-16(17)18/h2-12H,1H3,(H,22,26). The van der Waals surface area contributed by atoms with Crippen molar-refractivity contribution in [2.75, 3.05) is 5.32 Å². The van der Waals surface area contributed by atoms with Crippen LogP contribution in [0.3, 0.4) is 0 Å². The fourth-order valence-electron chi connectivity index (χ4n) is 2.98. The number of rotatable bonds is 4. The van der Waals surface area contributed by atoms with Crippen molar-refractivity contribution in [1.29, 1.82) is 0 Å². The summed E-state index contributed by atoms with van der Waals surface area (Å²) >= 11 is 0. The SMILES string of the molecule is Cc1cc(NC(=O)c2ccnc3ccccc23)n(-c2ccc([N+](=O)[O-])cc2)n1. The summed E-state index contributed by atoms with van der Waals surface area (Å²) in [6, 6.07) is 16.8. The summed E-state index contributed by atoms with van der Waals surface area (Å²) in [6.07, 6.45) is 1.59. The van der Waals surface area contributed by atoms with Crippen LogP contribution in [0.25, 0.3) is 16.6 Å². The third-order valence-corrected chi connectivity index (χ3v) is 4.27. The van der Waals surface area contributed by atoms with Crippen LogP contribution in [0.4, 0.5) is 11.5 Å². The smallest absolute Gasteiger partial charge is 0.269 e. The van der Waals surface area contributed by atoms with Crippen molar-refractivity contribution in [2.24, 2.45) is 0 Å². The molecule has 0 atom stereocenters. The van der Waals surface area contributed by atoms with Gasteiger partial charge in [0.2, 0.25) is 0 Å². The molecule has 0 saturated carbocycles. The Balaban J connectivity index is 1.69. The Hall–Kier alpha value is -4.07. The van der Waals surface area contributed by atoms with E-state index in [1.54, 1.807) is 42.1 Å². The molecular weight excluding hydrogens is 358 g/mol. The van der Waals surface area contributed by atoms with Gasteiger partial charge in [-0.05, 0) is 31.2 Å². The van der Waals surface area contributed by atoms with Crippen molar-refractivity contribution >= 4 is 28.3 Å². The minimum absolute atomic E-state index is 0.0125. The van der Waals surface area contributed by atoms with Crippen LogP contribution < -0.4 is 5.32 Å². The maximum absolute atomic E-state index is 12.9. The number of nitro groups is 1. The van der Waals surface area contributed by atoms with Gasteiger partial charge in [-0.1, -0.05) is 18.2 Å². The molecule has 138 valence electrons. The number of hydrogen-bond donors (Lipinski definition) is 1. The lowest BCUT2D eigenvalue weighted by Crippen LogP contribution is -2.15. The first-order valence-corrected chi connectivity index (χ1v) is 8.49. The monoisotopic (exact) mass is 373 g/mol. The first kappa shape index (κ1) is 17.3. The molecule has 0 aliphatic heterocycles. The number of aromatic nitrogens is 3. The van der Waals surface area contributed by atoms with Crippen LogP contribution in [0, 0.1) is 17.0 Å². The molecule has 0 unspecified atom stereocenters. The van der Waals surface area contributed by atoms with E-state index in [1.165, 1.54) is 12.1 Å². The molecular formula is C20H15N5O3. The highest BCUT2D eigenvalue weighted by atomic mass is 16.6. The molecule has 0 radical (unpaired) electrons. The Morgan fingerprint density at radius 2 is 1.86 bits per heavy atom. The fraction of sp³-hybridized carbons (Fsp3) is 0.0500. The maximum Gasteiger partial charge on any atom is 0.269 e. The quantitative estimate of drug-likeness (QED) is 0.432. The van der Waals surface area contributed by atoms with Gasteiger partial charge in [0.25, 0.3) is 11.6 Å². The van der Waals surface area contributed by atoms with Crippen LogP contribution in [0.5, 0.6) is 0 Å². The Morgan fingerprint density at radius 3 is 2.61 bits per heavy atom. The van der Waals surface area contributed by atoms with E-state index in [0.29, 0.717) is 22.8 Å². The molecule has 8 heteroatoms. The summed E-state index contributed by atoms with van der Waals surface area (Å²) in [5, 5.41) is 18.9. The number of fused-ring (bicyclic) bond motifs is 1. The highest BCUT2D eigenvalue weighted by Gasteiger charge is 2.15. The van der Waals surface area contributed by atoms with Crippen molar-refractivity contribution in [3.63, 3.8) is 0 Å². The summed E-state index contributed by atoms with van der Waals surface area (Å²) in [6.45, 7) is 1.80. The molecule has 2 aromatic carbocycles. The van der Waals surface area contributed by atoms with E-state index in [2.05, 4.69) is 15.4 Å². The average Bonchev–Trinajstić information content (AvgIpc) is 3.07. The molecule has 0 fully saturated rings. The summed E-state index contributed by atoms with van der Waals surface area (Å²) in [7, 11) is 0. The fourth-order valence-corrected chi connectivity index (χ4v) is 2.98. The topological polar surface area (TPSA) is 103 Å². The zero-order valence-corrected chi connectivity index (χ0v) is 14.9. The third-order valence-electron chi connectivity index (χ3n) is 4.27. The average molecular weight is 373 g/mol. The van der Waals surface area contributed by atoms with Crippen molar-refractivity contribution in [2.45, 2.75) is 6.92 Å². The number of non-ortho nitro benzene ring substituents is 1. The lowest BCUT2D eigenvalue weighted by Gasteiger charge is -2.10. The molecule has 2 heterocycles. The van der Waals surface area contributed by atoms with Crippen LogP contribution in [0.15, 0.2) is 66.9 Å². The van der Waals surface area contributed by atoms with Crippen LogP contribution in [-0.4, -0.2) is 25.6 Å². The van der Waals surface area contributed by atoms with E-state index in [-0.39, 0.29) is 11.6 Å². The first-order chi connectivity index (χ1) is 13.5. The van der Waals surface area contributed by atoms with Gasteiger partial charge in [0.15, 0.2) is 0 Å². The highest BCUT2D eigenvalue weighted by molar-refractivity contribution is 6.12. The van der Waals surface area contributed by atoms with Crippen LogP contribution in [0.2, 0.25) is 0 Å². The second kappa shape index (κ2) is 6.92. The Kier molecular flexibility index (Phi) is 4.29. The largest absolute Gasteiger partial charge is 0.306 e. The number of benzene rings is 2. The van der Waals surface area contributed by atoms with Crippen molar-refractivity contribution in [1.82, 2.24) is 14.8 Å². The number of para-hydroxylation sites is 1. The highest BCUT2D eigenvalue weighted by Crippen LogP contribution is 2.22. The molecule has 0 spiro atoms. The second-order valence-electron chi connectivity index (χ2n) is 6.19. The van der Waals surface area contributed by atoms with E-state index < -0.39 is 4.92 Å². The summed E-state index contributed by atoms with van der Waals surface area (Å²) in [5.74, 6) is 0.180. The predicted molar refractivity (Wildman–Crippen MR) is 105 cm³/mol. The number of pyridine rings is 1. The van der Waals surface area contributed by atoms with Gasteiger partial charge in [-0.2, -0.15) is 5.10 Å². The van der Waals surface area contributed by atoms with Crippen molar-refractivity contribution < 1.29 is 9.72 Å². The number of amides is 1. The molecule has 0 saturated heterocycles. The van der Waals surface area contributed by atoms with Gasteiger partial charge < -0.3 is 5.32 Å². The minimum Gasteiger partial charge on any atom is -0.306 e. The predicted octanol–water partition coefficient (Wildman–Crippen LogP) is 3.89. The molecule has 8 nitrogen and oxygen atoms in total. The molecule has 0 bridgehead atoms. The van der Waals surface area contributed by atoms with Crippen LogP contribution in [-0.2, 0) is 0 Å². The number of anilines is 1. The molecule has 1 amide bonds. The minimum atomic E-state index is -0.463. The van der Waals surface area contributed by atoms with Crippen LogP contribution in [0.1, 0.15) is 16.1 Å². The van der Waals surface area contributed by atoms with Crippen molar-refractivity contribution in [3.8, 4) is 5.69 Å². The number of aryl methyl sites for hydroxylation is 1. The van der Waals surface area contributed by atoms with Gasteiger partial charge in [0.05, 0.1) is 27.4 Å². The number of nitrogens with one attached hydrogen (secondary N) is 1. The van der Waals surface area contributed by atoms with Gasteiger partial charge in [-0.15, -0.1) is 0 Å². The van der Waals surface area contributed by atoms with Gasteiger partial charge in [0.1, 0.15) is 5.82 Å². The molecule has 2 aromatic heterocycles. The van der Waals surface area contributed by atoms with Crippen LogP contribution >= 0.6 is 0 Å². The number of nitrogens with zero attached hydrogens (tertiary/aromatic N) is 4. The molecule has 0 aliphatic carbocycles. The summed E-state index contributed by atoms with van der Waals surface area (Å²) in [5.41, 5.74) is 2.53. The third kappa shape index (κ3) is 3.18. The molecule has 1 N–H and O–H groups in total. The van der Waals surface area contributed by atoms with Gasteiger partial charge in [-0.25, -0.2) is 4.68 Å². The normalized spacial score (nSPS) is 10.8. The maximum atomic E-state index is 12.9. The van der Waals surface area contributed by atoms with E-state index in [1.807, 2.05) is 24.3 Å². The van der Waals surface area contributed by atoms with Gasteiger partial charge >= 0.3 is 0 Å². The van der Waals surface area contributed by atoms with E-state index in [4.69, 9.17) is 0 Å². The number of carbonyl (C=O) groups excluding carboxylic acids is 1. The van der Waals surface area contributed by atoms with Crippen molar-refractivity contribution in [3.05, 3.63) is 88.2 Å². The van der Waals surface area contributed by atoms with E-state index in [0.717, 1.165) is 10.9 Å². The number of nitro benzene ring substituents is 1.